The standard InChI is InChI=1S/C15H22N2O3/c1-19-9-10-20-12-15(18)17-8-7-14(11-17)16-13-5-3-2-4-6-13/h2-6,14,16H,7-12H2,1H3. The molecular weight excluding hydrogens is 256 g/mol. The second-order valence-electron chi connectivity index (χ2n) is 4.88. The second kappa shape index (κ2) is 7.87. The van der Waals surface area contributed by atoms with Crippen LogP contribution in [0.15, 0.2) is 30.3 Å². The Morgan fingerprint density at radius 2 is 2.15 bits per heavy atom. The zero-order chi connectivity index (χ0) is 14.2. The van der Waals surface area contributed by atoms with E-state index in [0.29, 0.717) is 19.3 Å². The average Bonchev–Trinajstić information content (AvgIpc) is 2.93. The Bertz CT molecular complexity index is 411. The third-order valence-corrected chi connectivity index (χ3v) is 3.34. The first kappa shape index (κ1) is 14.8. The van der Waals surface area contributed by atoms with E-state index in [9.17, 15) is 4.79 Å². The summed E-state index contributed by atoms with van der Waals surface area (Å²) in [7, 11) is 1.62. The minimum Gasteiger partial charge on any atom is -0.382 e. The Morgan fingerprint density at radius 3 is 2.90 bits per heavy atom. The van der Waals surface area contributed by atoms with Crippen LogP contribution in [-0.4, -0.2) is 56.9 Å². The summed E-state index contributed by atoms with van der Waals surface area (Å²) in [6, 6.07) is 10.4. The van der Waals surface area contributed by atoms with Crippen LogP contribution in [0.5, 0.6) is 0 Å². The van der Waals surface area contributed by atoms with Gasteiger partial charge in [0.25, 0.3) is 0 Å². The summed E-state index contributed by atoms with van der Waals surface area (Å²) >= 11 is 0. The summed E-state index contributed by atoms with van der Waals surface area (Å²) in [4.78, 5) is 13.8. The highest BCUT2D eigenvalue weighted by atomic mass is 16.5. The molecule has 0 bridgehead atoms. The molecule has 0 radical (unpaired) electrons. The van der Waals surface area contributed by atoms with Gasteiger partial charge in [0.05, 0.1) is 13.2 Å². The van der Waals surface area contributed by atoms with E-state index in [1.165, 1.54) is 0 Å². The number of hydrogen-bond donors (Lipinski definition) is 1. The molecule has 5 nitrogen and oxygen atoms in total. The highest BCUT2D eigenvalue weighted by molar-refractivity contribution is 5.77. The van der Waals surface area contributed by atoms with E-state index in [1.807, 2.05) is 35.2 Å². The number of para-hydroxylation sites is 1. The van der Waals surface area contributed by atoms with Crippen molar-refractivity contribution in [3.63, 3.8) is 0 Å². The van der Waals surface area contributed by atoms with Crippen molar-refractivity contribution in [2.45, 2.75) is 12.5 Å². The van der Waals surface area contributed by atoms with Crippen LogP contribution >= 0.6 is 0 Å². The highest BCUT2D eigenvalue weighted by Crippen LogP contribution is 2.15. The predicted octanol–water partition coefficient (Wildman–Crippen LogP) is 1.36. The number of amides is 1. The van der Waals surface area contributed by atoms with Gasteiger partial charge in [-0.05, 0) is 18.6 Å². The van der Waals surface area contributed by atoms with Gasteiger partial charge in [-0.1, -0.05) is 18.2 Å². The van der Waals surface area contributed by atoms with E-state index in [4.69, 9.17) is 9.47 Å². The summed E-state index contributed by atoms with van der Waals surface area (Å²) in [6.45, 7) is 2.65. The molecule has 1 aliphatic rings. The lowest BCUT2D eigenvalue weighted by atomic mass is 10.2. The third kappa shape index (κ3) is 4.51. The van der Waals surface area contributed by atoms with Gasteiger partial charge in [0.1, 0.15) is 6.61 Å². The molecule has 1 aliphatic heterocycles. The molecule has 1 fully saturated rings. The second-order valence-corrected chi connectivity index (χ2v) is 4.88. The SMILES string of the molecule is COCCOCC(=O)N1CCC(Nc2ccccc2)C1. The van der Waals surface area contributed by atoms with Crippen LogP contribution in [0.4, 0.5) is 5.69 Å². The van der Waals surface area contributed by atoms with Crippen LogP contribution in [0.25, 0.3) is 0 Å². The number of rotatable bonds is 7. The fourth-order valence-corrected chi connectivity index (χ4v) is 2.27. The maximum absolute atomic E-state index is 11.9. The molecule has 1 heterocycles. The van der Waals surface area contributed by atoms with E-state index in [1.54, 1.807) is 7.11 Å². The summed E-state index contributed by atoms with van der Waals surface area (Å²) in [5.74, 6) is 0.0541. The Kier molecular flexibility index (Phi) is 5.83. The van der Waals surface area contributed by atoms with E-state index >= 15 is 0 Å². The molecule has 20 heavy (non-hydrogen) atoms. The monoisotopic (exact) mass is 278 g/mol. The topological polar surface area (TPSA) is 50.8 Å². The lowest BCUT2D eigenvalue weighted by Crippen LogP contribution is -2.34. The average molecular weight is 278 g/mol. The zero-order valence-corrected chi connectivity index (χ0v) is 11.9. The van der Waals surface area contributed by atoms with Crippen molar-refractivity contribution in [1.82, 2.24) is 4.90 Å². The van der Waals surface area contributed by atoms with E-state index in [2.05, 4.69) is 5.32 Å². The fraction of sp³-hybridized carbons (Fsp3) is 0.533. The Labute approximate surface area is 119 Å². The summed E-state index contributed by atoms with van der Waals surface area (Å²) < 4.78 is 10.1. The van der Waals surface area contributed by atoms with Crippen molar-refractivity contribution in [3.8, 4) is 0 Å². The number of nitrogens with one attached hydrogen (secondary N) is 1. The fourth-order valence-electron chi connectivity index (χ4n) is 2.27. The number of hydrogen-bond acceptors (Lipinski definition) is 4. The maximum Gasteiger partial charge on any atom is 0.248 e. The van der Waals surface area contributed by atoms with Crippen LogP contribution < -0.4 is 5.32 Å². The van der Waals surface area contributed by atoms with Crippen LogP contribution in [0.3, 0.4) is 0 Å². The van der Waals surface area contributed by atoms with Gasteiger partial charge in [0, 0.05) is 31.9 Å². The molecule has 5 heteroatoms. The van der Waals surface area contributed by atoms with Crippen molar-refractivity contribution < 1.29 is 14.3 Å². The molecule has 0 saturated carbocycles. The molecule has 0 spiro atoms. The zero-order valence-electron chi connectivity index (χ0n) is 11.9. The third-order valence-electron chi connectivity index (χ3n) is 3.34. The smallest absolute Gasteiger partial charge is 0.248 e. The van der Waals surface area contributed by atoms with Gasteiger partial charge in [-0.2, -0.15) is 0 Å². The number of carbonyl (C=O) groups excluding carboxylic acids is 1. The van der Waals surface area contributed by atoms with Gasteiger partial charge in [-0.15, -0.1) is 0 Å². The van der Waals surface area contributed by atoms with Gasteiger partial charge in [-0.25, -0.2) is 0 Å². The number of carbonyl (C=O) groups is 1. The molecule has 0 aromatic heterocycles. The van der Waals surface area contributed by atoms with Gasteiger partial charge in [-0.3, -0.25) is 4.79 Å². The molecule has 1 amide bonds. The molecule has 2 rings (SSSR count). The van der Waals surface area contributed by atoms with E-state index < -0.39 is 0 Å². The predicted molar refractivity (Wildman–Crippen MR) is 77.7 cm³/mol. The number of methoxy groups -OCH3 is 1. The van der Waals surface area contributed by atoms with Gasteiger partial charge < -0.3 is 19.7 Å². The Balaban J connectivity index is 1.70. The van der Waals surface area contributed by atoms with Crippen LogP contribution in [0.1, 0.15) is 6.42 Å². The molecule has 1 aromatic rings. The Morgan fingerprint density at radius 1 is 1.35 bits per heavy atom. The molecular formula is C15H22N2O3. The lowest BCUT2D eigenvalue weighted by molar-refractivity contribution is -0.135. The number of ether oxygens (including phenoxy) is 2. The molecule has 110 valence electrons. The quantitative estimate of drug-likeness (QED) is 0.765. The van der Waals surface area contributed by atoms with Crippen molar-refractivity contribution >= 4 is 11.6 Å². The largest absolute Gasteiger partial charge is 0.382 e. The first-order valence-electron chi connectivity index (χ1n) is 6.95. The summed E-state index contributed by atoms with van der Waals surface area (Å²) in [5.41, 5.74) is 1.10. The minimum absolute atomic E-state index is 0.0541. The normalized spacial score (nSPS) is 18.2. The number of nitrogens with zero attached hydrogens (tertiary/aromatic N) is 1. The first-order valence-corrected chi connectivity index (χ1v) is 6.95. The summed E-state index contributed by atoms with van der Waals surface area (Å²) in [5, 5.41) is 3.45. The number of likely N-dealkylation sites (tertiary alicyclic amines) is 1. The van der Waals surface area contributed by atoms with Crippen molar-refractivity contribution in [2.24, 2.45) is 0 Å². The molecule has 1 unspecified atom stereocenters. The lowest BCUT2D eigenvalue weighted by Gasteiger charge is -2.17. The van der Waals surface area contributed by atoms with Crippen LogP contribution in [0.2, 0.25) is 0 Å². The highest BCUT2D eigenvalue weighted by Gasteiger charge is 2.25. The van der Waals surface area contributed by atoms with Crippen LogP contribution in [-0.2, 0) is 14.3 Å². The molecule has 1 atom stereocenters. The number of benzene rings is 1. The van der Waals surface area contributed by atoms with E-state index in [0.717, 1.165) is 25.2 Å². The molecule has 1 N–H and O–H groups in total. The van der Waals surface area contributed by atoms with Gasteiger partial charge in [0.15, 0.2) is 0 Å². The van der Waals surface area contributed by atoms with E-state index in [-0.39, 0.29) is 12.5 Å². The van der Waals surface area contributed by atoms with Crippen molar-refractivity contribution in [2.75, 3.05) is 45.3 Å². The van der Waals surface area contributed by atoms with Crippen LogP contribution in [0, 0.1) is 0 Å². The van der Waals surface area contributed by atoms with Gasteiger partial charge >= 0.3 is 0 Å². The molecule has 0 aliphatic carbocycles. The summed E-state index contributed by atoms with van der Waals surface area (Å²) in [6.07, 6.45) is 0.971. The van der Waals surface area contributed by atoms with Crippen molar-refractivity contribution in [3.05, 3.63) is 30.3 Å². The Hall–Kier alpha value is -1.59. The number of anilines is 1. The first-order chi connectivity index (χ1) is 9.79. The molecule has 1 aromatic carbocycles. The maximum atomic E-state index is 11.9. The van der Waals surface area contributed by atoms with Gasteiger partial charge in [0.2, 0.25) is 5.91 Å². The minimum atomic E-state index is 0.0541. The van der Waals surface area contributed by atoms with Crippen molar-refractivity contribution in [1.29, 1.82) is 0 Å². The molecule has 1 saturated heterocycles.